The van der Waals surface area contributed by atoms with Crippen LogP contribution in [0.3, 0.4) is 0 Å². The van der Waals surface area contributed by atoms with Gasteiger partial charge < -0.3 is 15.1 Å². The Kier molecular flexibility index (Phi) is 5.72. The van der Waals surface area contributed by atoms with E-state index in [1.54, 1.807) is 0 Å². The molecule has 1 N–H and O–H groups in total. The molecular formula is C18H28N4O3S. The lowest BCUT2D eigenvalue weighted by Gasteiger charge is -2.34. The second-order valence-electron chi connectivity index (χ2n) is 7.23. The number of carbonyl (C=O) groups excluding carboxylic acids is 1. The van der Waals surface area contributed by atoms with Crippen LogP contribution in [0.1, 0.15) is 19.3 Å². The highest BCUT2D eigenvalue weighted by Crippen LogP contribution is 2.24. The Morgan fingerprint density at radius 2 is 1.77 bits per heavy atom. The third-order valence-electron chi connectivity index (χ3n) is 4.89. The molecule has 1 amide bonds. The zero-order valence-electron chi connectivity index (χ0n) is 15.5. The summed E-state index contributed by atoms with van der Waals surface area (Å²) in [7, 11) is -1.32. The second kappa shape index (κ2) is 7.84. The van der Waals surface area contributed by atoms with Crippen molar-refractivity contribution < 1.29 is 13.2 Å². The molecule has 2 aliphatic rings. The number of likely N-dealkylation sites (N-methyl/N-ethyl adjacent to an activating group) is 1. The van der Waals surface area contributed by atoms with E-state index in [1.165, 1.54) is 10.6 Å². The van der Waals surface area contributed by atoms with Gasteiger partial charge in [0.1, 0.15) is 0 Å². The number of piperazine rings is 1. The minimum Gasteiger partial charge on any atom is -0.369 e. The smallest absolute Gasteiger partial charge is 0.232 e. The third-order valence-corrected chi connectivity index (χ3v) is 6.08. The molecule has 7 nitrogen and oxygen atoms in total. The number of nitrogens with zero attached hydrogens (tertiary/aromatic N) is 3. The van der Waals surface area contributed by atoms with Crippen molar-refractivity contribution >= 4 is 27.3 Å². The van der Waals surface area contributed by atoms with E-state index in [2.05, 4.69) is 22.2 Å². The van der Waals surface area contributed by atoms with E-state index < -0.39 is 10.0 Å². The Morgan fingerprint density at radius 1 is 1.15 bits per heavy atom. The average molecular weight is 381 g/mol. The fraction of sp³-hybridized carbons (Fsp3) is 0.611. The van der Waals surface area contributed by atoms with Crippen LogP contribution in [0.25, 0.3) is 0 Å². The molecule has 0 atom stereocenters. The summed E-state index contributed by atoms with van der Waals surface area (Å²) in [6.45, 7) is 4.13. The van der Waals surface area contributed by atoms with Crippen molar-refractivity contribution in [1.82, 2.24) is 10.2 Å². The Morgan fingerprint density at radius 3 is 2.31 bits per heavy atom. The lowest BCUT2D eigenvalue weighted by Crippen LogP contribution is -2.44. The summed E-state index contributed by atoms with van der Waals surface area (Å²) in [4.78, 5) is 16.5. The van der Waals surface area contributed by atoms with E-state index in [1.807, 2.05) is 24.3 Å². The van der Waals surface area contributed by atoms with Crippen molar-refractivity contribution in [3.8, 4) is 0 Å². The minimum atomic E-state index is -3.44. The maximum atomic E-state index is 12.2. The van der Waals surface area contributed by atoms with E-state index in [-0.39, 0.29) is 24.9 Å². The van der Waals surface area contributed by atoms with Gasteiger partial charge in [-0.2, -0.15) is 0 Å². The molecule has 0 bridgehead atoms. The lowest BCUT2D eigenvalue weighted by atomic mass is 10.2. The van der Waals surface area contributed by atoms with Gasteiger partial charge in [0.05, 0.1) is 11.9 Å². The normalized spacial score (nSPS) is 18.6. The van der Waals surface area contributed by atoms with Gasteiger partial charge >= 0.3 is 0 Å². The van der Waals surface area contributed by atoms with Gasteiger partial charge in [-0.1, -0.05) is 0 Å². The molecule has 1 aliphatic carbocycles. The predicted octanol–water partition coefficient (Wildman–Crippen LogP) is 0.873. The molecule has 0 unspecified atom stereocenters. The largest absolute Gasteiger partial charge is 0.369 e. The predicted molar refractivity (Wildman–Crippen MR) is 104 cm³/mol. The Labute approximate surface area is 156 Å². The zero-order valence-corrected chi connectivity index (χ0v) is 16.3. The maximum absolute atomic E-state index is 12.2. The number of anilines is 2. The number of amides is 1. The summed E-state index contributed by atoms with van der Waals surface area (Å²) in [6, 6.07) is 7.87. The molecule has 26 heavy (non-hydrogen) atoms. The number of hydrogen-bond acceptors (Lipinski definition) is 5. The number of rotatable bonds is 7. The van der Waals surface area contributed by atoms with Crippen LogP contribution in [0.15, 0.2) is 24.3 Å². The van der Waals surface area contributed by atoms with Crippen LogP contribution >= 0.6 is 0 Å². The molecule has 3 rings (SSSR count). The molecule has 1 aromatic rings. The summed E-state index contributed by atoms with van der Waals surface area (Å²) in [6.07, 6.45) is 3.40. The second-order valence-corrected chi connectivity index (χ2v) is 9.14. The number of carbonyl (C=O) groups is 1. The average Bonchev–Trinajstić information content (AvgIpc) is 3.39. The molecule has 144 valence electrons. The van der Waals surface area contributed by atoms with Crippen LogP contribution in [-0.4, -0.2) is 71.3 Å². The molecule has 1 saturated heterocycles. The van der Waals surface area contributed by atoms with Crippen LogP contribution in [0.2, 0.25) is 0 Å². The Bertz CT molecular complexity index is 723. The highest BCUT2D eigenvalue weighted by molar-refractivity contribution is 7.92. The Hall–Kier alpha value is -1.80. The van der Waals surface area contributed by atoms with Crippen molar-refractivity contribution in [3.63, 3.8) is 0 Å². The van der Waals surface area contributed by atoms with Gasteiger partial charge in [0.15, 0.2) is 0 Å². The topological polar surface area (TPSA) is 73.0 Å². The van der Waals surface area contributed by atoms with Gasteiger partial charge in [-0.15, -0.1) is 0 Å². The summed E-state index contributed by atoms with van der Waals surface area (Å²) >= 11 is 0. The number of sulfonamides is 1. The van der Waals surface area contributed by atoms with E-state index in [9.17, 15) is 13.2 Å². The van der Waals surface area contributed by atoms with Gasteiger partial charge in [0.25, 0.3) is 0 Å². The van der Waals surface area contributed by atoms with Crippen LogP contribution in [0.5, 0.6) is 0 Å². The first-order valence-electron chi connectivity index (χ1n) is 9.13. The van der Waals surface area contributed by atoms with E-state index in [0.29, 0.717) is 5.69 Å². The molecule has 2 fully saturated rings. The first-order chi connectivity index (χ1) is 12.3. The molecule has 1 aliphatic heterocycles. The molecule has 0 aromatic heterocycles. The minimum absolute atomic E-state index is 0.0878. The van der Waals surface area contributed by atoms with Crippen molar-refractivity contribution in [3.05, 3.63) is 24.3 Å². The summed E-state index contributed by atoms with van der Waals surface area (Å²) in [5.41, 5.74) is 1.70. The number of hydrogen-bond donors (Lipinski definition) is 1. The van der Waals surface area contributed by atoms with Gasteiger partial charge in [-0.05, 0) is 44.2 Å². The first kappa shape index (κ1) is 19.0. The molecule has 1 heterocycles. The van der Waals surface area contributed by atoms with Crippen LogP contribution in [0, 0.1) is 0 Å². The first-order valence-corrected chi connectivity index (χ1v) is 11.0. The van der Waals surface area contributed by atoms with Crippen molar-refractivity contribution in [2.75, 3.05) is 55.2 Å². The highest BCUT2D eigenvalue weighted by Gasteiger charge is 2.24. The van der Waals surface area contributed by atoms with Gasteiger partial charge in [0, 0.05) is 50.9 Å². The molecule has 0 spiro atoms. The third kappa shape index (κ3) is 5.11. The monoisotopic (exact) mass is 380 g/mol. The van der Waals surface area contributed by atoms with Gasteiger partial charge in [-0.25, -0.2) is 8.42 Å². The molecule has 1 aromatic carbocycles. The fourth-order valence-corrected chi connectivity index (χ4v) is 4.04. The molecule has 8 heteroatoms. The van der Waals surface area contributed by atoms with E-state index >= 15 is 0 Å². The molecule has 0 radical (unpaired) electrons. The molecular weight excluding hydrogens is 352 g/mol. The lowest BCUT2D eigenvalue weighted by molar-refractivity contribution is -0.121. The van der Waals surface area contributed by atoms with Crippen LogP contribution in [-0.2, 0) is 14.8 Å². The van der Waals surface area contributed by atoms with Gasteiger partial charge in [0.2, 0.25) is 15.9 Å². The molecule has 1 saturated carbocycles. The highest BCUT2D eigenvalue weighted by atomic mass is 32.2. The fourth-order valence-electron chi connectivity index (χ4n) is 3.11. The summed E-state index contributed by atoms with van der Waals surface area (Å²) in [5.74, 6) is -0.0878. The Balaban J connectivity index is 1.65. The SMILES string of the molecule is CN1CCN(c2ccc(N(CCC(=O)NC3CC3)S(C)(=O)=O)cc2)CC1. The zero-order chi connectivity index (χ0) is 18.7. The maximum Gasteiger partial charge on any atom is 0.232 e. The van der Waals surface area contributed by atoms with E-state index in [4.69, 9.17) is 0 Å². The quantitative estimate of drug-likeness (QED) is 0.760. The number of benzene rings is 1. The summed E-state index contributed by atoms with van der Waals surface area (Å²) in [5, 5.41) is 2.90. The number of nitrogens with one attached hydrogen (secondary N) is 1. The standard InChI is InChI=1S/C18H28N4O3S/c1-20-11-13-21(14-12-20)16-5-7-17(8-6-16)22(26(2,24)25)10-9-18(23)19-15-3-4-15/h5-8,15H,3-4,9-14H2,1-2H3,(H,19,23). The van der Waals surface area contributed by atoms with Gasteiger partial charge in [-0.3, -0.25) is 9.10 Å². The summed E-state index contributed by atoms with van der Waals surface area (Å²) < 4.78 is 25.7. The van der Waals surface area contributed by atoms with Crippen LogP contribution in [0.4, 0.5) is 11.4 Å². The van der Waals surface area contributed by atoms with Crippen molar-refractivity contribution in [2.45, 2.75) is 25.3 Å². The van der Waals surface area contributed by atoms with E-state index in [0.717, 1.165) is 44.7 Å². The van der Waals surface area contributed by atoms with Crippen molar-refractivity contribution in [1.29, 1.82) is 0 Å². The van der Waals surface area contributed by atoms with Crippen molar-refractivity contribution in [2.24, 2.45) is 0 Å². The van der Waals surface area contributed by atoms with Crippen LogP contribution < -0.4 is 14.5 Å².